The Bertz CT molecular complexity index is 1610. The maximum absolute atomic E-state index is 13.1. The molecule has 0 bridgehead atoms. The maximum Gasteiger partial charge on any atom is 0.347 e. The Kier molecular flexibility index (Phi) is 7.47. The number of fused-ring (bicyclic) bond motifs is 2. The van der Waals surface area contributed by atoms with Gasteiger partial charge in [-0.1, -0.05) is 5.16 Å². The number of amides is 2. The molecule has 2 aliphatic heterocycles. The smallest absolute Gasteiger partial charge is 0.347 e. The number of oxazole rings is 2. The number of nitrogens with two attached hydrogens (primary N) is 2. The zero-order valence-electron chi connectivity index (χ0n) is 21.3. The molecule has 2 aliphatic rings. The number of anilines is 2. The summed E-state index contributed by atoms with van der Waals surface area (Å²) in [4.78, 5) is 63.7. The molecule has 0 saturated carbocycles. The standard InChI is InChI=1S/C23H22N8O9S/c1-2-37-14(32)8-39-29-15(12-7-38-22(24)27-12)18(33)28-16-19(34)31-17(21(35)36)10(9-41-20(16)31)5-30-4-3-11-13(6-30)40-23(25)26-11/h3-4,6-7,16,20,25H,2,5,8-9H2,1H3,(H4,24,27,28,33,35,36)/t16?,20-/m0/s1. The molecule has 1 unspecified atom stereocenters. The summed E-state index contributed by atoms with van der Waals surface area (Å²) >= 11 is 1.25. The Hall–Kier alpha value is -5.13. The summed E-state index contributed by atoms with van der Waals surface area (Å²) < 4.78 is 16.7. The summed E-state index contributed by atoms with van der Waals surface area (Å²) in [5.41, 5.74) is 11.6. The first-order chi connectivity index (χ1) is 19.7. The first kappa shape index (κ1) is 27.4. The lowest BCUT2D eigenvalue weighted by Gasteiger charge is -2.50. The van der Waals surface area contributed by atoms with Crippen LogP contribution in [-0.4, -0.2) is 74.7 Å². The number of pyridine rings is 1. The highest BCUT2D eigenvalue weighted by atomic mass is 32.2. The van der Waals surface area contributed by atoms with Gasteiger partial charge in [0.2, 0.25) is 18.4 Å². The van der Waals surface area contributed by atoms with Crippen LogP contribution in [0, 0.1) is 0 Å². The minimum absolute atomic E-state index is 0.00602. The van der Waals surface area contributed by atoms with Gasteiger partial charge in [0.1, 0.15) is 28.9 Å². The summed E-state index contributed by atoms with van der Waals surface area (Å²) in [5.74, 6) is -3.62. The monoisotopic (exact) mass is 586 g/mol. The molecule has 2 amide bonds. The highest BCUT2D eigenvalue weighted by molar-refractivity contribution is 8.00. The lowest BCUT2D eigenvalue weighted by molar-refractivity contribution is -0.688. The second kappa shape index (κ2) is 11.2. The molecule has 3 aromatic heterocycles. The van der Waals surface area contributed by atoms with Gasteiger partial charge in [-0.3, -0.25) is 14.5 Å². The summed E-state index contributed by atoms with van der Waals surface area (Å²) in [7, 11) is 0. The van der Waals surface area contributed by atoms with Gasteiger partial charge in [0.15, 0.2) is 18.5 Å². The third kappa shape index (κ3) is 5.49. The number of nitrogens with zero attached hydrogens (tertiary/aromatic N) is 5. The molecule has 2 atom stereocenters. The minimum atomic E-state index is -1.54. The van der Waals surface area contributed by atoms with Gasteiger partial charge in [0, 0.05) is 17.4 Å². The van der Waals surface area contributed by atoms with Crippen LogP contribution in [0.2, 0.25) is 0 Å². The Morgan fingerprint density at radius 1 is 1.32 bits per heavy atom. The van der Waals surface area contributed by atoms with Crippen LogP contribution in [0.4, 0.5) is 12.0 Å². The number of carboxylic acid groups (broad SMARTS) is 1. The van der Waals surface area contributed by atoms with Gasteiger partial charge in [0.05, 0.1) is 18.3 Å². The van der Waals surface area contributed by atoms with Crippen LogP contribution in [-0.2, 0) is 35.3 Å². The van der Waals surface area contributed by atoms with Crippen molar-refractivity contribution in [2.45, 2.75) is 24.9 Å². The van der Waals surface area contributed by atoms with Gasteiger partial charge >= 0.3 is 5.97 Å². The average Bonchev–Trinajstić information content (AvgIpc) is 3.53. The maximum atomic E-state index is 13.1. The Balaban J connectivity index is 1.32. The van der Waals surface area contributed by atoms with Crippen molar-refractivity contribution in [2.75, 3.05) is 30.4 Å². The molecule has 1 fully saturated rings. The number of aromatic nitrogens is 3. The van der Waals surface area contributed by atoms with E-state index in [0.717, 1.165) is 11.2 Å². The van der Waals surface area contributed by atoms with Crippen molar-refractivity contribution in [1.29, 1.82) is 0 Å². The number of nitrogen functional groups attached to an aromatic ring is 2. The van der Waals surface area contributed by atoms with Crippen molar-refractivity contribution in [3.63, 3.8) is 0 Å². The highest BCUT2D eigenvalue weighted by Crippen LogP contribution is 2.40. The lowest BCUT2D eigenvalue weighted by atomic mass is 10.0. The Labute approximate surface area is 234 Å². The van der Waals surface area contributed by atoms with Crippen LogP contribution < -0.4 is 26.5 Å². The zero-order valence-corrected chi connectivity index (χ0v) is 22.1. The molecule has 0 spiro atoms. The third-order valence-electron chi connectivity index (χ3n) is 5.93. The van der Waals surface area contributed by atoms with Crippen molar-refractivity contribution in [2.24, 2.45) is 5.16 Å². The van der Waals surface area contributed by atoms with Gasteiger partial charge in [-0.2, -0.15) is 14.5 Å². The van der Waals surface area contributed by atoms with E-state index >= 15 is 0 Å². The average molecular weight is 587 g/mol. The fraction of sp³-hybridized carbons (Fsp3) is 0.304. The van der Waals surface area contributed by atoms with Gasteiger partial charge in [-0.15, -0.1) is 11.8 Å². The Morgan fingerprint density at radius 2 is 2.12 bits per heavy atom. The second-order valence-corrected chi connectivity index (χ2v) is 9.71. The number of oxime groups is 1. The van der Waals surface area contributed by atoms with Gasteiger partial charge < -0.3 is 45.1 Å². The first-order valence-electron chi connectivity index (χ1n) is 12.0. The second-order valence-electron chi connectivity index (χ2n) is 8.61. The molecular formula is C23H22N8O9S. The molecule has 41 heavy (non-hydrogen) atoms. The van der Waals surface area contributed by atoms with Crippen LogP contribution >= 0.6 is 11.8 Å². The molecule has 5 N–H and O–H groups in total. The number of thioether (sulfide) groups is 1. The number of rotatable bonds is 10. The SMILES string of the molecule is CCOC(=O)CON=C(C(=O)NC1C(=O)N2C(C(=O)[O-])=C(C[n+]3ccc4nc(N)oc4c3)CS[C@@H]12)c1coc(N)n1. The fourth-order valence-electron chi connectivity index (χ4n) is 4.21. The van der Waals surface area contributed by atoms with Crippen LogP contribution in [0.5, 0.6) is 0 Å². The molecule has 0 radical (unpaired) electrons. The van der Waals surface area contributed by atoms with Crippen LogP contribution in [0.15, 0.2) is 50.0 Å². The van der Waals surface area contributed by atoms with E-state index in [0.29, 0.717) is 16.7 Å². The number of carboxylic acids is 1. The van der Waals surface area contributed by atoms with E-state index in [1.165, 1.54) is 11.8 Å². The van der Waals surface area contributed by atoms with E-state index in [-0.39, 0.29) is 42.3 Å². The lowest BCUT2D eigenvalue weighted by Crippen LogP contribution is -2.71. The van der Waals surface area contributed by atoms with Gasteiger partial charge in [-0.25, -0.2) is 4.79 Å². The number of carbonyl (C=O) groups is 4. The summed E-state index contributed by atoms with van der Waals surface area (Å²) in [6.45, 7) is 1.25. The summed E-state index contributed by atoms with van der Waals surface area (Å²) in [6.07, 6.45) is 4.32. The molecule has 0 aromatic carbocycles. The number of aliphatic carboxylic acids is 1. The van der Waals surface area contributed by atoms with Crippen LogP contribution in [0.25, 0.3) is 11.1 Å². The zero-order chi connectivity index (χ0) is 29.3. The predicted molar refractivity (Wildman–Crippen MR) is 136 cm³/mol. The number of esters is 1. The molecule has 0 aliphatic carbocycles. The van der Waals surface area contributed by atoms with Gasteiger partial charge in [-0.05, 0) is 6.92 Å². The van der Waals surface area contributed by atoms with Gasteiger partial charge in [0.25, 0.3) is 23.8 Å². The topological polar surface area (TPSA) is 245 Å². The molecule has 3 aromatic rings. The van der Waals surface area contributed by atoms with Crippen LogP contribution in [0.1, 0.15) is 12.6 Å². The van der Waals surface area contributed by atoms with E-state index in [1.54, 1.807) is 30.0 Å². The van der Waals surface area contributed by atoms with E-state index < -0.39 is 47.5 Å². The summed E-state index contributed by atoms with van der Waals surface area (Å²) in [6, 6.07) is 0.281. The first-order valence-corrected chi connectivity index (χ1v) is 13.0. The van der Waals surface area contributed by atoms with E-state index in [4.69, 9.17) is 29.9 Å². The summed E-state index contributed by atoms with van der Waals surface area (Å²) in [5, 5.41) is 17.6. The number of carbonyl (C=O) groups excluding carboxylic acids is 4. The highest BCUT2D eigenvalue weighted by Gasteiger charge is 2.53. The number of hydrogen-bond donors (Lipinski definition) is 3. The number of hydrogen-bond acceptors (Lipinski definition) is 15. The largest absolute Gasteiger partial charge is 0.543 e. The molecule has 5 heterocycles. The quantitative estimate of drug-likeness (QED) is 0.0741. The molecule has 5 rings (SSSR count). The van der Waals surface area contributed by atoms with Crippen molar-refractivity contribution in [3.8, 4) is 0 Å². The van der Waals surface area contributed by atoms with Crippen LogP contribution in [0.3, 0.4) is 0 Å². The molecular weight excluding hydrogens is 564 g/mol. The number of nitrogens with one attached hydrogen (secondary N) is 1. The number of β-lactam (4-membered cyclic amide) rings is 1. The Morgan fingerprint density at radius 3 is 2.83 bits per heavy atom. The molecule has 17 nitrogen and oxygen atoms in total. The van der Waals surface area contributed by atoms with E-state index in [2.05, 4.69) is 20.4 Å². The molecule has 1 saturated heterocycles. The third-order valence-corrected chi connectivity index (χ3v) is 7.27. The van der Waals surface area contributed by atoms with Crippen molar-refractivity contribution in [3.05, 3.63) is 41.7 Å². The number of ether oxygens (including phenoxy) is 1. The normalized spacial score (nSPS) is 18.6. The van der Waals surface area contributed by atoms with Crippen molar-refractivity contribution >= 4 is 64.4 Å². The predicted octanol–water partition coefficient (Wildman–Crippen LogP) is -2.34. The van der Waals surface area contributed by atoms with Crippen molar-refractivity contribution in [1.82, 2.24) is 20.2 Å². The van der Waals surface area contributed by atoms with E-state index in [1.807, 2.05) is 0 Å². The molecule has 214 valence electrons. The fourth-order valence-corrected chi connectivity index (χ4v) is 5.54. The minimum Gasteiger partial charge on any atom is -0.543 e. The van der Waals surface area contributed by atoms with Crippen molar-refractivity contribution < 1.29 is 47.3 Å². The van der Waals surface area contributed by atoms with E-state index in [9.17, 15) is 24.3 Å². The molecule has 18 heteroatoms.